The number of nitrogens with one attached hydrogen (secondary N) is 1. The third-order valence-electron chi connectivity index (χ3n) is 6.08. The Hall–Kier alpha value is -2.41. The van der Waals surface area contributed by atoms with Crippen molar-refractivity contribution in [1.29, 1.82) is 0 Å². The quantitative estimate of drug-likeness (QED) is 0.694. The summed E-state index contributed by atoms with van der Waals surface area (Å²) in [7, 11) is 0. The lowest BCUT2D eigenvalue weighted by Crippen LogP contribution is -3.11. The highest BCUT2D eigenvalue weighted by molar-refractivity contribution is 5.75. The maximum Gasteiger partial charge on any atom is 0.416 e. The van der Waals surface area contributed by atoms with E-state index in [0.717, 1.165) is 44.6 Å². The molecule has 0 saturated carbocycles. The van der Waals surface area contributed by atoms with Gasteiger partial charge in [-0.2, -0.15) is 13.2 Å². The molecule has 0 atom stereocenters. The maximum atomic E-state index is 12.9. The number of rotatable bonds is 3. The second kappa shape index (κ2) is 7.69. The third-order valence-corrected chi connectivity index (χ3v) is 6.08. The fourth-order valence-electron chi connectivity index (χ4n) is 4.23. The normalized spacial score (nSPS) is 20.6. The summed E-state index contributed by atoms with van der Waals surface area (Å²) >= 11 is 0. The smallest absolute Gasteiger partial charge is 0.331 e. The molecule has 1 fully saturated rings. The number of piperidine rings is 1. The van der Waals surface area contributed by atoms with E-state index in [4.69, 9.17) is 0 Å². The first-order valence-corrected chi connectivity index (χ1v) is 10.5. The Morgan fingerprint density at radius 3 is 2.20 bits per heavy atom. The molecule has 160 valence electrons. The van der Waals surface area contributed by atoms with Gasteiger partial charge in [0.25, 0.3) is 0 Å². The summed E-state index contributed by atoms with van der Waals surface area (Å²) in [6.07, 6.45) is -2.48. The molecule has 3 aromatic rings. The molecule has 1 aliphatic rings. The second-order valence-electron chi connectivity index (χ2n) is 9.34. The molecule has 0 amide bonds. The lowest BCUT2D eigenvalue weighted by atomic mass is 9.86. The van der Waals surface area contributed by atoms with Crippen LogP contribution in [0.5, 0.6) is 0 Å². The molecule has 0 spiro atoms. The van der Waals surface area contributed by atoms with Crippen LogP contribution in [0.25, 0.3) is 11.0 Å². The minimum absolute atomic E-state index is 0.158. The monoisotopic (exact) mass is 417 g/mol. The Labute approximate surface area is 174 Å². The Balaban J connectivity index is 1.40. The van der Waals surface area contributed by atoms with Crippen LogP contribution in [0, 0.1) is 0 Å². The van der Waals surface area contributed by atoms with Crippen LogP contribution in [0.15, 0.2) is 42.5 Å². The molecule has 1 saturated heterocycles. The molecular weight excluding hydrogens is 389 g/mol. The van der Waals surface area contributed by atoms with Crippen molar-refractivity contribution in [2.45, 2.75) is 57.8 Å². The Kier molecular flexibility index (Phi) is 5.34. The number of hydrogen-bond donors (Lipinski definition) is 1. The van der Waals surface area contributed by atoms with E-state index in [1.54, 1.807) is 0 Å². The number of nitrogens with zero attached hydrogens (tertiary/aromatic N) is 3. The largest absolute Gasteiger partial charge is 0.416 e. The summed E-state index contributed by atoms with van der Waals surface area (Å²) in [5, 5.41) is 8.16. The van der Waals surface area contributed by atoms with Crippen molar-refractivity contribution >= 4 is 11.0 Å². The first-order chi connectivity index (χ1) is 14.1. The van der Waals surface area contributed by atoms with E-state index in [9.17, 15) is 13.2 Å². The zero-order valence-electron chi connectivity index (χ0n) is 17.6. The summed E-state index contributed by atoms with van der Waals surface area (Å²) in [5.74, 6) is 0. The molecule has 0 radical (unpaired) electrons. The zero-order valence-corrected chi connectivity index (χ0v) is 17.6. The van der Waals surface area contributed by atoms with Crippen molar-refractivity contribution in [3.8, 4) is 0 Å². The lowest BCUT2D eigenvalue weighted by molar-refractivity contribution is -0.919. The standard InChI is InChI=1S/C23H27F3N4/c1-22(2,3)17-6-4-16(5-7-17)15-29-12-10-19(11-13-29)30-21-9-8-18(23(24,25)26)14-20(21)27-28-30/h4-9,14,19H,10-13,15H2,1-3H3/p+1. The minimum Gasteiger partial charge on any atom is -0.331 e. The molecule has 1 aromatic heterocycles. The van der Waals surface area contributed by atoms with Crippen LogP contribution < -0.4 is 4.90 Å². The van der Waals surface area contributed by atoms with Crippen molar-refractivity contribution in [2.75, 3.05) is 13.1 Å². The molecule has 2 aromatic carbocycles. The van der Waals surface area contributed by atoms with Crippen LogP contribution in [0.1, 0.15) is 56.3 Å². The van der Waals surface area contributed by atoms with Gasteiger partial charge >= 0.3 is 6.18 Å². The highest BCUT2D eigenvalue weighted by Crippen LogP contribution is 2.32. The fraction of sp³-hybridized carbons (Fsp3) is 0.478. The van der Waals surface area contributed by atoms with Gasteiger partial charge < -0.3 is 4.90 Å². The molecule has 4 rings (SSSR count). The van der Waals surface area contributed by atoms with E-state index >= 15 is 0 Å². The summed E-state index contributed by atoms with van der Waals surface area (Å²) in [6, 6.07) is 12.8. The number of alkyl halides is 3. The molecular formula is C23H28F3N4+. The predicted octanol–water partition coefficient (Wildman–Crippen LogP) is 4.17. The van der Waals surface area contributed by atoms with E-state index in [0.29, 0.717) is 11.0 Å². The topological polar surface area (TPSA) is 35.2 Å². The van der Waals surface area contributed by atoms with Gasteiger partial charge in [-0.15, -0.1) is 5.10 Å². The summed E-state index contributed by atoms with van der Waals surface area (Å²) < 4.78 is 40.6. The molecule has 0 bridgehead atoms. The zero-order chi connectivity index (χ0) is 21.5. The molecule has 2 heterocycles. The molecule has 0 unspecified atom stereocenters. The average Bonchev–Trinajstić information content (AvgIpc) is 3.11. The van der Waals surface area contributed by atoms with E-state index in [1.807, 2.05) is 4.68 Å². The van der Waals surface area contributed by atoms with Crippen molar-refractivity contribution in [2.24, 2.45) is 0 Å². The van der Waals surface area contributed by atoms with E-state index in [1.165, 1.54) is 22.1 Å². The van der Waals surface area contributed by atoms with Crippen LogP contribution in [-0.4, -0.2) is 28.1 Å². The number of fused-ring (bicyclic) bond motifs is 1. The molecule has 30 heavy (non-hydrogen) atoms. The van der Waals surface area contributed by atoms with Gasteiger partial charge in [-0.3, -0.25) is 0 Å². The molecule has 0 aliphatic carbocycles. The van der Waals surface area contributed by atoms with Gasteiger partial charge in [0.1, 0.15) is 12.1 Å². The van der Waals surface area contributed by atoms with Crippen LogP contribution in [0.4, 0.5) is 13.2 Å². The van der Waals surface area contributed by atoms with E-state index < -0.39 is 11.7 Å². The number of hydrogen-bond acceptors (Lipinski definition) is 2. The van der Waals surface area contributed by atoms with Crippen molar-refractivity contribution < 1.29 is 18.1 Å². The molecule has 1 aliphatic heterocycles. The van der Waals surface area contributed by atoms with Gasteiger partial charge in [0.05, 0.1) is 30.2 Å². The van der Waals surface area contributed by atoms with Gasteiger partial charge in [0.2, 0.25) is 0 Å². The van der Waals surface area contributed by atoms with Crippen LogP contribution in [-0.2, 0) is 18.1 Å². The number of likely N-dealkylation sites (tertiary alicyclic amines) is 1. The van der Waals surface area contributed by atoms with Crippen LogP contribution in [0.2, 0.25) is 0 Å². The summed E-state index contributed by atoms with van der Waals surface area (Å²) in [4.78, 5) is 1.53. The average molecular weight is 417 g/mol. The highest BCUT2D eigenvalue weighted by Gasteiger charge is 2.32. The molecule has 1 N–H and O–H groups in total. The summed E-state index contributed by atoms with van der Waals surface area (Å²) in [6.45, 7) is 9.66. The Morgan fingerprint density at radius 2 is 1.60 bits per heavy atom. The number of benzene rings is 2. The lowest BCUT2D eigenvalue weighted by Gasteiger charge is -2.29. The maximum absolute atomic E-state index is 12.9. The van der Waals surface area contributed by atoms with Gasteiger partial charge in [0.15, 0.2) is 0 Å². The Bertz CT molecular complexity index is 1010. The second-order valence-corrected chi connectivity index (χ2v) is 9.34. The third kappa shape index (κ3) is 4.36. The minimum atomic E-state index is -4.36. The van der Waals surface area contributed by atoms with Gasteiger partial charge in [-0.25, -0.2) is 4.68 Å². The first-order valence-electron chi connectivity index (χ1n) is 10.5. The van der Waals surface area contributed by atoms with Gasteiger partial charge in [-0.1, -0.05) is 50.3 Å². The van der Waals surface area contributed by atoms with Crippen LogP contribution in [0.3, 0.4) is 0 Å². The highest BCUT2D eigenvalue weighted by atomic mass is 19.4. The number of aromatic nitrogens is 3. The molecule has 4 nitrogen and oxygen atoms in total. The van der Waals surface area contributed by atoms with Gasteiger partial charge in [0, 0.05) is 18.4 Å². The predicted molar refractivity (Wildman–Crippen MR) is 110 cm³/mol. The molecule has 7 heteroatoms. The van der Waals surface area contributed by atoms with E-state index in [-0.39, 0.29) is 11.5 Å². The van der Waals surface area contributed by atoms with Crippen LogP contribution >= 0.6 is 0 Å². The number of quaternary nitrogens is 1. The van der Waals surface area contributed by atoms with Crippen molar-refractivity contribution in [3.63, 3.8) is 0 Å². The Morgan fingerprint density at radius 1 is 0.967 bits per heavy atom. The number of halogens is 3. The van der Waals surface area contributed by atoms with Crippen molar-refractivity contribution in [3.05, 3.63) is 59.2 Å². The van der Waals surface area contributed by atoms with Crippen molar-refractivity contribution in [1.82, 2.24) is 15.0 Å². The van der Waals surface area contributed by atoms with E-state index in [2.05, 4.69) is 55.3 Å². The fourth-order valence-corrected chi connectivity index (χ4v) is 4.23. The SMILES string of the molecule is CC(C)(C)c1ccc(C[NH+]2CCC(n3nnc4cc(C(F)(F)F)ccc43)CC2)cc1. The first kappa shape index (κ1) is 20.8. The van der Waals surface area contributed by atoms with Gasteiger partial charge in [-0.05, 0) is 29.2 Å². The summed E-state index contributed by atoms with van der Waals surface area (Å²) in [5.41, 5.74) is 3.13.